The zero-order valence-electron chi connectivity index (χ0n) is 16.7. The number of anilines is 1. The molecule has 0 aliphatic carbocycles. The average molecular weight is 409 g/mol. The molecule has 1 atom stereocenters. The molecule has 29 heavy (non-hydrogen) atoms. The summed E-state index contributed by atoms with van der Waals surface area (Å²) in [5.41, 5.74) is 3.80. The third kappa shape index (κ3) is 3.93. The normalized spacial score (nSPS) is 15.3. The Morgan fingerprint density at radius 3 is 2.55 bits per heavy atom. The fraction of sp³-hybridized carbons (Fsp3) is 0.261. The largest absolute Gasteiger partial charge is 0.490 e. The highest BCUT2D eigenvalue weighted by atomic mass is 32.1. The van der Waals surface area contributed by atoms with E-state index in [0.717, 1.165) is 32.1 Å². The highest BCUT2D eigenvalue weighted by Crippen LogP contribution is 2.39. The van der Waals surface area contributed by atoms with Crippen molar-refractivity contribution in [3.63, 3.8) is 0 Å². The fourth-order valence-corrected chi connectivity index (χ4v) is 4.45. The minimum absolute atomic E-state index is 0.0482. The zero-order chi connectivity index (χ0) is 20.4. The van der Waals surface area contributed by atoms with Gasteiger partial charge in [0.2, 0.25) is 0 Å². The summed E-state index contributed by atoms with van der Waals surface area (Å²) in [5.74, 6) is 1.30. The number of nitrogens with one attached hydrogen (secondary N) is 2. The summed E-state index contributed by atoms with van der Waals surface area (Å²) < 4.78 is 11.8. The molecule has 0 bridgehead atoms. The first-order chi connectivity index (χ1) is 14.1. The molecule has 4 rings (SSSR count). The predicted molar refractivity (Wildman–Crippen MR) is 116 cm³/mol. The predicted octanol–water partition coefficient (Wildman–Crippen LogP) is 5.20. The minimum Gasteiger partial charge on any atom is -0.490 e. The number of aryl methyl sites for hydroxylation is 1. The van der Waals surface area contributed by atoms with Crippen molar-refractivity contribution in [3.05, 3.63) is 75.7 Å². The van der Waals surface area contributed by atoms with Crippen LogP contribution in [0.5, 0.6) is 11.5 Å². The maximum Gasteiger partial charge on any atom is 0.256 e. The van der Waals surface area contributed by atoms with Crippen molar-refractivity contribution in [2.75, 3.05) is 11.9 Å². The molecule has 0 spiro atoms. The van der Waals surface area contributed by atoms with Crippen molar-refractivity contribution in [3.8, 4) is 11.5 Å². The first-order valence-corrected chi connectivity index (χ1v) is 10.5. The fourth-order valence-electron chi connectivity index (χ4n) is 3.37. The number of thiophene rings is 1. The van der Waals surface area contributed by atoms with Gasteiger partial charge >= 0.3 is 0 Å². The van der Waals surface area contributed by atoms with Gasteiger partial charge in [-0.05, 0) is 49.6 Å². The number of rotatable bonds is 6. The highest BCUT2D eigenvalue weighted by molar-refractivity contribution is 7.16. The number of hydrogen-bond acceptors (Lipinski definition) is 5. The standard InChI is InChI=1S/C23H24N2O3S/c1-4-27-19-12-17(10-11-18(19)28-13-16-8-6-5-7-9-16)21-24-22(26)20-14(2)15(3)29-23(20)25-21/h5-12,21,25H,4,13H2,1-3H3,(H,24,26). The van der Waals surface area contributed by atoms with Gasteiger partial charge in [0.1, 0.15) is 17.8 Å². The zero-order valence-corrected chi connectivity index (χ0v) is 17.6. The topological polar surface area (TPSA) is 59.6 Å². The van der Waals surface area contributed by atoms with Crippen molar-refractivity contribution in [2.24, 2.45) is 0 Å². The van der Waals surface area contributed by atoms with Crippen molar-refractivity contribution < 1.29 is 14.3 Å². The Balaban J connectivity index is 1.57. The van der Waals surface area contributed by atoms with Crippen LogP contribution in [0.4, 0.5) is 5.00 Å². The molecule has 2 heterocycles. The van der Waals surface area contributed by atoms with Crippen molar-refractivity contribution in [1.82, 2.24) is 5.32 Å². The Hall–Kier alpha value is -2.99. The van der Waals surface area contributed by atoms with Gasteiger partial charge in [0, 0.05) is 4.88 Å². The summed E-state index contributed by atoms with van der Waals surface area (Å²) in [6.07, 6.45) is -0.310. The summed E-state index contributed by atoms with van der Waals surface area (Å²) in [6.45, 7) is 6.96. The third-order valence-electron chi connectivity index (χ3n) is 5.00. The lowest BCUT2D eigenvalue weighted by atomic mass is 10.1. The molecule has 1 unspecified atom stereocenters. The average Bonchev–Trinajstić information content (AvgIpc) is 3.02. The van der Waals surface area contributed by atoms with Crippen LogP contribution in [0.2, 0.25) is 0 Å². The van der Waals surface area contributed by atoms with Gasteiger partial charge in [-0.3, -0.25) is 4.79 Å². The molecule has 1 aromatic heterocycles. The van der Waals surface area contributed by atoms with Crippen LogP contribution in [-0.2, 0) is 6.61 Å². The molecule has 150 valence electrons. The molecule has 0 saturated heterocycles. The van der Waals surface area contributed by atoms with E-state index in [2.05, 4.69) is 10.6 Å². The van der Waals surface area contributed by atoms with Gasteiger partial charge in [0.15, 0.2) is 11.5 Å². The van der Waals surface area contributed by atoms with Crippen LogP contribution >= 0.6 is 11.3 Å². The quantitative estimate of drug-likeness (QED) is 0.589. The molecule has 0 fully saturated rings. The van der Waals surface area contributed by atoms with E-state index in [-0.39, 0.29) is 12.1 Å². The molecule has 1 amide bonds. The van der Waals surface area contributed by atoms with Gasteiger partial charge in [-0.15, -0.1) is 11.3 Å². The van der Waals surface area contributed by atoms with Gasteiger partial charge in [-0.25, -0.2) is 0 Å². The van der Waals surface area contributed by atoms with Crippen molar-refractivity contribution in [2.45, 2.75) is 33.5 Å². The monoisotopic (exact) mass is 408 g/mol. The second-order valence-corrected chi connectivity index (χ2v) is 8.18. The summed E-state index contributed by atoms with van der Waals surface area (Å²) in [6, 6.07) is 15.8. The Labute approximate surface area is 174 Å². The van der Waals surface area contributed by atoms with E-state index >= 15 is 0 Å². The summed E-state index contributed by atoms with van der Waals surface area (Å²) in [4.78, 5) is 13.8. The van der Waals surface area contributed by atoms with Crippen LogP contribution in [0.3, 0.4) is 0 Å². The lowest BCUT2D eigenvalue weighted by molar-refractivity contribution is 0.0935. The summed E-state index contributed by atoms with van der Waals surface area (Å²) in [7, 11) is 0. The van der Waals surface area contributed by atoms with E-state index in [0.29, 0.717) is 24.7 Å². The minimum atomic E-state index is -0.310. The molecular formula is C23H24N2O3S. The third-order valence-corrected chi connectivity index (χ3v) is 6.14. The second-order valence-electron chi connectivity index (χ2n) is 6.95. The van der Waals surface area contributed by atoms with Gasteiger partial charge in [0.25, 0.3) is 5.91 Å². The van der Waals surface area contributed by atoms with E-state index < -0.39 is 0 Å². The molecule has 0 saturated carbocycles. The van der Waals surface area contributed by atoms with E-state index in [1.54, 1.807) is 11.3 Å². The number of amides is 1. The number of hydrogen-bond donors (Lipinski definition) is 2. The first kappa shape index (κ1) is 19.3. The van der Waals surface area contributed by atoms with Gasteiger partial charge in [-0.2, -0.15) is 0 Å². The van der Waals surface area contributed by atoms with Gasteiger partial charge in [0.05, 0.1) is 12.2 Å². The SMILES string of the molecule is CCOc1cc(C2NC(=O)c3c(sc(C)c3C)N2)ccc1OCc1ccccc1. The van der Waals surface area contributed by atoms with Crippen molar-refractivity contribution in [1.29, 1.82) is 0 Å². The van der Waals surface area contributed by atoms with Crippen LogP contribution in [0.15, 0.2) is 48.5 Å². The van der Waals surface area contributed by atoms with Crippen molar-refractivity contribution >= 4 is 22.2 Å². The summed E-state index contributed by atoms with van der Waals surface area (Å²) >= 11 is 1.61. The maximum absolute atomic E-state index is 12.6. The molecule has 1 aliphatic heterocycles. The first-order valence-electron chi connectivity index (χ1n) is 9.67. The Kier molecular flexibility index (Phi) is 5.45. The van der Waals surface area contributed by atoms with Gasteiger partial charge < -0.3 is 20.1 Å². The molecule has 3 aromatic rings. The Morgan fingerprint density at radius 1 is 1.00 bits per heavy atom. The number of carbonyl (C=O) groups excluding carboxylic acids is 1. The van der Waals surface area contributed by atoms with E-state index in [9.17, 15) is 4.79 Å². The van der Waals surface area contributed by atoms with E-state index in [1.807, 2.05) is 69.3 Å². The Bertz CT molecular complexity index is 1030. The Morgan fingerprint density at radius 2 is 1.79 bits per heavy atom. The van der Waals surface area contributed by atoms with Crippen LogP contribution in [0.25, 0.3) is 0 Å². The van der Waals surface area contributed by atoms with E-state index in [1.165, 1.54) is 0 Å². The molecule has 0 radical (unpaired) electrons. The lowest BCUT2D eigenvalue weighted by Crippen LogP contribution is -2.38. The van der Waals surface area contributed by atoms with Crippen LogP contribution in [0, 0.1) is 13.8 Å². The molecule has 2 aromatic carbocycles. The number of fused-ring (bicyclic) bond motifs is 1. The molecular weight excluding hydrogens is 384 g/mol. The molecule has 1 aliphatic rings. The highest BCUT2D eigenvalue weighted by Gasteiger charge is 2.29. The van der Waals surface area contributed by atoms with Crippen LogP contribution in [-0.4, -0.2) is 12.5 Å². The summed E-state index contributed by atoms with van der Waals surface area (Å²) in [5, 5.41) is 7.41. The lowest BCUT2D eigenvalue weighted by Gasteiger charge is -2.27. The number of benzene rings is 2. The molecule has 5 nitrogen and oxygen atoms in total. The van der Waals surface area contributed by atoms with Crippen LogP contribution < -0.4 is 20.1 Å². The second kappa shape index (κ2) is 8.17. The molecule has 2 N–H and O–H groups in total. The number of ether oxygens (including phenoxy) is 2. The molecule has 6 heteroatoms. The maximum atomic E-state index is 12.6. The smallest absolute Gasteiger partial charge is 0.256 e. The van der Waals surface area contributed by atoms with E-state index in [4.69, 9.17) is 9.47 Å². The van der Waals surface area contributed by atoms with Gasteiger partial charge in [-0.1, -0.05) is 36.4 Å². The van der Waals surface area contributed by atoms with Crippen LogP contribution in [0.1, 0.15) is 45.0 Å². The number of carbonyl (C=O) groups is 1.